The van der Waals surface area contributed by atoms with E-state index in [2.05, 4.69) is 10.2 Å². The van der Waals surface area contributed by atoms with Crippen molar-refractivity contribution in [1.82, 2.24) is 15.1 Å². The maximum atomic E-state index is 13.1. The second kappa shape index (κ2) is 16.0. The van der Waals surface area contributed by atoms with Crippen molar-refractivity contribution >= 4 is 24.1 Å². The van der Waals surface area contributed by atoms with Crippen LogP contribution in [-0.2, 0) is 32.2 Å². The van der Waals surface area contributed by atoms with Gasteiger partial charge in [0.1, 0.15) is 0 Å². The van der Waals surface area contributed by atoms with Crippen molar-refractivity contribution < 1.29 is 28.7 Å². The quantitative estimate of drug-likeness (QED) is 0.368. The summed E-state index contributed by atoms with van der Waals surface area (Å²) in [5.41, 5.74) is 3.11. The molecule has 1 saturated carbocycles. The predicted octanol–water partition coefficient (Wildman–Crippen LogP) is 5.05. The molecule has 1 spiro atoms. The van der Waals surface area contributed by atoms with E-state index in [0.717, 1.165) is 56.4 Å². The third-order valence-corrected chi connectivity index (χ3v) is 7.67. The van der Waals surface area contributed by atoms with Crippen LogP contribution in [0.4, 0.5) is 0 Å². The van der Waals surface area contributed by atoms with Crippen LogP contribution in [-0.4, -0.2) is 65.5 Å². The third-order valence-electron chi connectivity index (χ3n) is 7.67. The van der Waals surface area contributed by atoms with Crippen molar-refractivity contribution in [1.29, 1.82) is 0 Å². The molecule has 1 saturated heterocycles. The highest BCUT2D eigenvalue weighted by Crippen LogP contribution is 2.40. The number of benzene rings is 1. The van der Waals surface area contributed by atoms with Crippen molar-refractivity contribution in [3.8, 4) is 0 Å². The monoisotopic (exact) mass is 559 g/mol. The van der Waals surface area contributed by atoms with Gasteiger partial charge in [0.2, 0.25) is 12.3 Å². The van der Waals surface area contributed by atoms with E-state index in [-0.39, 0.29) is 24.0 Å². The fraction of sp³-hybridized carbons (Fsp3) is 0.677. The molecule has 1 aromatic carbocycles. The summed E-state index contributed by atoms with van der Waals surface area (Å²) in [6.45, 7) is 17.7. The molecule has 4 aliphatic rings. The lowest BCUT2D eigenvalue weighted by Gasteiger charge is -2.36. The Morgan fingerprint density at radius 2 is 1.48 bits per heavy atom. The normalized spacial score (nSPS) is 19.8. The largest absolute Gasteiger partial charge is 0.348 e. The Bertz CT molecular complexity index is 966. The highest BCUT2D eigenvalue weighted by Gasteiger charge is 2.42. The number of rotatable bonds is 7. The van der Waals surface area contributed by atoms with E-state index in [4.69, 9.17) is 9.47 Å². The van der Waals surface area contributed by atoms with Gasteiger partial charge in [-0.1, -0.05) is 41.5 Å². The summed E-state index contributed by atoms with van der Waals surface area (Å²) >= 11 is 0. The van der Waals surface area contributed by atoms with Gasteiger partial charge in [-0.15, -0.1) is 0 Å². The Labute approximate surface area is 239 Å². The molecule has 1 aromatic rings. The molecular formula is C31H49N3O6. The van der Waals surface area contributed by atoms with Crippen LogP contribution < -0.4 is 5.32 Å². The Balaban J connectivity index is 0.000000876. The third kappa shape index (κ3) is 7.56. The van der Waals surface area contributed by atoms with Gasteiger partial charge >= 0.3 is 0 Å². The zero-order valence-corrected chi connectivity index (χ0v) is 25.5. The lowest BCUT2D eigenvalue weighted by Crippen LogP contribution is -2.38. The number of nitrogens with zero attached hydrogens (tertiary/aromatic N) is 2. The molecule has 1 aliphatic carbocycles. The summed E-state index contributed by atoms with van der Waals surface area (Å²) in [6, 6.07) is 3.33. The minimum Gasteiger partial charge on any atom is -0.348 e. The number of amides is 4. The number of imide groups is 2. The smallest absolute Gasteiger partial charge is 0.261 e. The molecule has 9 nitrogen and oxygen atoms in total. The van der Waals surface area contributed by atoms with E-state index >= 15 is 0 Å². The van der Waals surface area contributed by atoms with Crippen LogP contribution in [0.25, 0.3) is 0 Å². The van der Waals surface area contributed by atoms with Crippen molar-refractivity contribution in [3.05, 3.63) is 34.4 Å². The predicted molar refractivity (Wildman–Crippen MR) is 155 cm³/mol. The van der Waals surface area contributed by atoms with Crippen LogP contribution in [0.3, 0.4) is 0 Å². The molecule has 5 rings (SSSR count). The van der Waals surface area contributed by atoms with Crippen molar-refractivity contribution in [2.24, 2.45) is 5.92 Å². The van der Waals surface area contributed by atoms with Crippen LogP contribution in [0.1, 0.15) is 119 Å². The van der Waals surface area contributed by atoms with Gasteiger partial charge in [0, 0.05) is 44.9 Å². The lowest BCUT2D eigenvalue weighted by atomic mass is 9.85. The summed E-state index contributed by atoms with van der Waals surface area (Å²) in [5.74, 6) is -0.783. The number of carbonyl (C=O) groups excluding carboxylic acids is 4. The second-order valence-electron chi connectivity index (χ2n) is 9.94. The highest BCUT2D eigenvalue weighted by molar-refractivity contribution is 6.21. The number of fused-ring (bicyclic) bond motifs is 2. The number of hydrogen-bond donors (Lipinski definition) is 1. The molecule has 2 fully saturated rings. The number of carbonyl (C=O) groups is 4. The standard InChI is InChI=1S/C25H31N3O6.3C2H6/c1-16(2-3-22(30)26-15-29)28-23(31)20-10-18-13-27(14-19(18)11-21(20)24(28)32)12-17-4-6-25(7-5-17)33-8-9-34-25;3*1-2/h10-11,15-17H,2-9,12-14H2,1H3,(H,26,29,30);3*1-2H3. The summed E-state index contributed by atoms with van der Waals surface area (Å²) in [5, 5.41) is 2.08. The van der Waals surface area contributed by atoms with Gasteiger partial charge in [0.15, 0.2) is 5.79 Å². The topological polar surface area (TPSA) is 105 Å². The Kier molecular flexibility index (Phi) is 13.4. The van der Waals surface area contributed by atoms with E-state index < -0.39 is 11.9 Å². The molecule has 0 aromatic heterocycles. The van der Waals surface area contributed by atoms with E-state index in [1.54, 1.807) is 6.92 Å². The summed E-state index contributed by atoms with van der Waals surface area (Å²) in [7, 11) is 0. The number of nitrogens with one attached hydrogen (secondary N) is 1. The highest BCUT2D eigenvalue weighted by atomic mass is 16.7. The molecule has 3 heterocycles. The molecule has 1 unspecified atom stereocenters. The fourth-order valence-electron chi connectivity index (χ4n) is 5.81. The zero-order valence-electron chi connectivity index (χ0n) is 25.5. The van der Waals surface area contributed by atoms with E-state index in [1.165, 1.54) is 4.90 Å². The van der Waals surface area contributed by atoms with Gasteiger partial charge in [-0.3, -0.25) is 34.3 Å². The Hall–Kier alpha value is -2.62. The first-order valence-electron chi connectivity index (χ1n) is 15.2. The van der Waals surface area contributed by atoms with E-state index in [1.807, 2.05) is 53.7 Å². The minimum atomic E-state index is -0.432. The molecule has 4 amide bonds. The molecule has 1 atom stereocenters. The molecule has 40 heavy (non-hydrogen) atoms. The van der Waals surface area contributed by atoms with E-state index in [9.17, 15) is 19.2 Å². The maximum Gasteiger partial charge on any atom is 0.261 e. The lowest BCUT2D eigenvalue weighted by molar-refractivity contribution is -0.183. The van der Waals surface area contributed by atoms with Gasteiger partial charge in [0.05, 0.1) is 24.3 Å². The maximum absolute atomic E-state index is 13.1. The minimum absolute atomic E-state index is 0.0688. The molecule has 9 heteroatoms. The summed E-state index contributed by atoms with van der Waals surface area (Å²) < 4.78 is 11.7. The van der Waals surface area contributed by atoms with Gasteiger partial charge in [-0.25, -0.2) is 0 Å². The molecule has 0 radical (unpaired) electrons. The zero-order chi connectivity index (χ0) is 29.9. The second-order valence-corrected chi connectivity index (χ2v) is 9.94. The van der Waals surface area contributed by atoms with Gasteiger partial charge in [-0.05, 0) is 55.4 Å². The molecular weight excluding hydrogens is 510 g/mol. The van der Waals surface area contributed by atoms with Crippen molar-refractivity contribution in [2.75, 3.05) is 19.8 Å². The summed E-state index contributed by atoms with van der Waals surface area (Å²) in [6.07, 6.45) is 4.76. The molecule has 0 bridgehead atoms. The average Bonchev–Trinajstić information content (AvgIpc) is 3.67. The Morgan fingerprint density at radius 3 is 1.95 bits per heavy atom. The van der Waals surface area contributed by atoms with Gasteiger partial charge < -0.3 is 9.47 Å². The number of hydrogen-bond acceptors (Lipinski definition) is 7. The molecule has 224 valence electrons. The molecule has 3 aliphatic heterocycles. The van der Waals surface area contributed by atoms with E-state index in [0.29, 0.717) is 43.1 Å². The average molecular weight is 560 g/mol. The van der Waals surface area contributed by atoms with Gasteiger partial charge in [0.25, 0.3) is 11.8 Å². The van der Waals surface area contributed by atoms with Crippen LogP contribution in [0.2, 0.25) is 0 Å². The SMILES string of the molecule is CC.CC.CC.CC(CCC(=O)NC=O)N1C(=O)c2cc3c(cc2C1=O)CN(CC1CCC2(CC1)OCCO2)C3. The van der Waals surface area contributed by atoms with Crippen LogP contribution in [0.5, 0.6) is 0 Å². The first-order valence-corrected chi connectivity index (χ1v) is 15.2. The Morgan fingerprint density at radius 1 is 0.975 bits per heavy atom. The molecule has 1 N–H and O–H groups in total. The van der Waals surface area contributed by atoms with Crippen LogP contribution in [0, 0.1) is 5.92 Å². The van der Waals surface area contributed by atoms with Crippen molar-refractivity contribution in [2.45, 2.75) is 112 Å². The number of ether oxygens (including phenoxy) is 2. The van der Waals surface area contributed by atoms with Gasteiger partial charge in [-0.2, -0.15) is 0 Å². The first kappa shape index (κ1) is 33.6. The van der Waals surface area contributed by atoms with Crippen molar-refractivity contribution in [3.63, 3.8) is 0 Å². The fourth-order valence-corrected chi connectivity index (χ4v) is 5.81. The first-order chi connectivity index (χ1) is 19.4. The van der Waals surface area contributed by atoms with Crippen LogP contribution in [0.15, 0.2) is 12.1 Å². The summed E-state index contributed by atoms with van der Waals surface area (Å²) in [4.78, 5) is 51.7. The van der Waals surface area contributed by atoms with Crippen LogP contribution >= 0.6 is 0 Å².